The molecule has 5 nitrogen and oxygen atoms in total. The van der Waals surface area contributed by atoms with Crippen molar-refractivity contribution in [2.24, 2.45) is 0 Å². The highest BCUT2D eigenvalue weighted by molar-refractivity contribution is 7.98. The van der Waals surface area contributed by atoms with Crippen molar-refractivity contribution in [3.63, 3.8) is 0 Å². The summed E-state index contributed by atoms with van der Waals surface area (Å²) in [4.78, 5) is 5.79. The number of benzene rings is 1. The Balaban J connectivity index is 1.75. The summed E-state index contributed by atoms with van der Waals surface area (Å²) in [7, 11) is 0. The van der Waals surface area contributed by atoms with E-state index in [4.69, 9.17) is 5.10 Å². The molecule has 23 heavy (non-hydrogen) atoms. The zero-order valence-electron chi connectivity index (χ0n) is 13.1. The largest absolute Gasteiger partial charge is 0.311 e. The Bertz CT molecular complexity index is 797. The Kier molecular flexibility index (Phi) is 3.93. The first kappa shape index (κ1) is 14.5. The predicted octanol–water partition coefficient (Wildman–Crippen LogP) is 2.95. The van der Waals surface area contributed by atoms with E-state index in [0.29, 0.717) is 0 Å². The first-order valence-electron chi connectivity index (χ1n) is 7.81. The van der Waals surface area contributed by atoms with Gasteiger partial charge in [-0.2, -0.15) is 5.10 Å². The van der Waals surface area contributed by atoms with Crippen LogP contribution < -0.4 is 5.32 Å². The Morgan fingerprint density at radius 3 is 3.13 bits per heavy atom. The number of aryl methyl sites for hydroxylation is 1. The highest BCUT2D eigenvalue weighted by Gasteiger charge is 2.16. The van der Waals surface area contributed by atoms with Crippen LogP contribution in [0.2, 0.25) is 0 Å². The Labute approximate surface area is 139 Å². The SMILES string of the molecule is CSc1cccc(-n2ccnc2-c2cc3n(n2)CCCNC3)c1. The van der Waals surface area contributed by atoms with Crippen molar-refractivity contribution in [3.05, 3.63) is 48.4 Å². The van der Waals surface area contributed by atoms with E-state index in [1.807, 2.05) is 12.4 Å². The van der Waals surface area contributed by atoms with Gasteiger partial charge in [0.05, 0.1) is 5.69 Å². The molecule has 0 saturated heterocycles. The number of aromatic nitrogens is 4. The monoisotopic (exact) mass is 325 g/mol. The molecular weight excluding hydrogens is 306 g/mol. The van der Waals surface area contributed by atoms with Crippen LogP contribution in [0.5, 0.6) is 0 Å². The lowest BCUT2D eigenvalue weighted by Crippen LogP contribution is -2.11. The van der Waals surface area contributed by atoms with Gasteiger partial charge >= 0.3 is 0 Å². The van der Waals surface area contributed by atoms with Gasteiger partial charge in [0.15, 0.2) is 5.82 Å². The fourth-order valence-corrected chi connectivity index (χ4v) is 3.39. The number of imidazole rings is 1. The molecule has 4 rings (SSSR count). The van der Waals surface area contributed by atoms with E-state index in [2.05, 4.69) is 56.1 Å². The summed E-state index contributed by atoms with van der Waals surface area (Å²) < 4.78 is 4.21. The minimum Gasteiger partial charge on any atom is -0.311 e. The molecule has 0 amide bonds. The van der Waals surface area contributed by atoms with Crippen molar-refractivity contribution in [2.75, 3.05) is 12.8 Å². The van der Waals surface area contributed by atoms with Crippen molar-refractivity contribution in [1.82, 2.24) is 24.6 Å². The third kappa shape index (κ3) is 2.80. The van der Waals surface area contributed by atoms with Gasteiger partial charge in [0, 0.05) is 36.1 Å². The van der Waals surface area contributed by atoms with E-state index in [1.165, 1.54) is 10.6 Å². The lowest BCUT2D eigenvalue weighted by molar-refractivity contribution is 0.588. The summed E-state index contributed by atoms with van der Waals surface area (Å²) in [5.74, 6) is 0.892. The average Bonchev–Trinajstić information content (AvgIpc) is 3.17. The van der Waals surface area contributed by atoms with Crippen LogP contribution in [0.3, 0.4) is 0 Å². The number of hydrogen-bond donors (Lipinski definition) is 1. The summed E-state index contributed by atoms with van der Waals surface area (Å²) in [5.41, 5.74) is 3.28. The molecule has 3 aromatic rings. The molecule has 1 aromatic carbocycles. The number of thioether (sulfide) groups is 1. The zero-order valence-corrected chi connectivity index (χ0v) is 13.9. The Morgan fingerprint density at radius 1 is 1.26 bits per heavy atom. The quantitative estimate of drug-likeness (QED) is 0.752. The molecule has 0 spiro atoms. The molecule has 2 aromatic heterocycles. The lowest BCUT2D eigenvalue weighted by Gasteiger charge is -2.07. The first-order valence-corrected chi connectivity index (χ1v) is 9.03. The highest BCUT2D eigenvalue weighted by atomic mass is 32.2. The molecule has 3 heterocycles. The van der Waals surface area contributed by atoms with Gasteiger partial charge in [0.2, 0.25) is 0 Å². The predicted molar refractivity (Wildman–Crippen MR) is 92.9 cm³/mol. The molecule has 0 bridgehead atoms. The van der Waals surface area contributed by atoms with E-state index in [0.717, 1.165) is 43.3 Å². The summed E-state index contributed by atoms with van der Waals surface area (Å²) in [6.07, 6.45) is 7.03. The summed E-state index contributed by atoms with van der Waals surface area (Å²) in [5, 5.41) is 8.20. The lowest BCUT2D eigenvalue weighted by atomic mass is 10.3. The van der Waals surface area contributed by atoms with Crippen molar-refractivity contribution >= 4 is 11.8 Å². The van der Waals surface area contributed by atoms with E-state index in [9.17, 15) is 0 Å². The fourth-order valence-electron chi connectivity index (χ4n) is 2.93. The number of hydrogen-bond acceptors (Lipinski definition) is 4. The molecule has 0 unspecified atom stereocenters. The summed E-state index contributed by atoms with van der Waals surface area (Å²) in [6, 6.07) is 10.6. The molecule has 0 fully saturated rings. The third-order valence-electron chi connectivity index (χ3n) is 4.09. The molecule has 1 aliphatic heterocycles. The molecule has 118 valence electrons. The maximum Gasteiger partial charge on any atom is 0.165 e. The second-order valence-corrected chi connectivity index (χ2v) is 6.48. The molecule has 6 heteroatoms. The number of nitrogens with one attached hydrogen (secondary N) is 1. The van der Waals surface area contributed by atoms with Crippen LogP contribution in [0, 0.1) is 0 Å². The molecule has 0 aliphatic carbocycles. The molecule has 1 N–H and O–H groups in total. The first-order chi connectivity index (χ1) is 11.3. The van der Waals surface area contributed by atoms with Gasteiger partial charge in [-0.05, 0) is 43.5 Å². The van der Waals surface area contributed by atoms with Crippen LogP contribution in [-0.2, 0) is 13.1 Å². The number of nitrogens with zero attached hydrogens (tertiary/aromatic N) is 4. The van der Waals surface area contributed by atoms with Crippen molar-refractivity contribution in [1.29, 1.82) is 0 Å². The second-order valence-electron chi connectivity index (χ2n) is 5.60. The zero-order chi connectivity index (χ0) is 15.6. The maximum absolute atomic E-state index is 4.77. The molecular formula is C17H19N5S. The highest BCUT2D eigenvalue weighted by Crippen LogP contribution is 2.24. The minimum absolute atomic E-state index is 0.871. The Hall–Kier alpha value is -2.05. The van der Waals surface area contributed by atoms with Gasteiger partial charge in [0.25, 0.3) is 0 Å². The summed E-state index contributed by atoms with van der Waals surface area (Å²) >= 11 is 1.74. The normalized spacial score (nSPS) is 14.5. The summed E-state index contributed by atoms with van der Waals surface area (Å²) in [6.45, 7) is 2.88. The van der Waals surface area contributed by atoms with Crippen LogP contribution in [0.1, 0.15) is 12.1 Å². The van der Waals surface area contributed by atoms with Gasteiger partial charge in [-0.25, -0.2) is 4.98 Å². The van der Waals surface area contributed by atoms with Crippen molar-refractivity contribution in [3.8, 4) is 17.2 Å². The molecule has 0 atom stereocenters. The van der Waals surface area contributed by atoms with E-state index >= 15 is 0 Å². The average molecular weight is 325 g/mol. The van der Waals surface area contributed by atoms with Crippen molar-refractivity contribution < 1.29 is 0 Å². The van der Waals surface area contributed by atoms with Crippen LogP contribution in [0.4, 0.5) is 0 Å². The van der Waals surface area contributed by atoms with Gasteiger partial charge < -0.3 is 5.32 Å². The standard InChI is InChI=1S/C17H19N5S/c1-23-15-5-2-4-13(10-15)21-9-7-19-17(21)16-11-14-12-18-6-3-8-22(14)20-16/h2,4-5,7,9-11,18H,3,6,8,12H2,1H3. The van der Waals surface area contributed by atoms with E-state index < -0.39 is 0 Å². The molecule has 0 saturated carbocycles. The minimum atomic E-state index is 0.871. The van der Waals surface area contributed by atoms with Crippen LogP contribution in [-0.4, -0.2) is 32.1 Å². The van der Waals surface area contributed by atoms with Gasteiger partial charge in [-0.15, -0.1) is 11.8 Å². The maximum atomic E-state index is 4.77. The Morgan fingerprint density at radius 2 is 2.22 bits per heavy atom. The fraction of sp³-hybridized carbons (Fsp3) is 0.294. The van der Waals surface area contributed by atoms with Crippen molar-refractivity contribution in [2.45, 2.75) is 24.4 Å². The van der Waals surface area contributed by atoms with Crippen LogP contribution in [0.25, 0.3) is 17.2 Å². The molecule has 1 aliphatic rings. The topological polar surface area (TPSA) is 47.7 Å². The van der Waals surface area contributed by atoms with Gasteiger partial charge in [-0.1, -0.05) is 6.07 Å². The number of rotatable bonds is 3. The third-order valence-corrected chi connectivity index (χ3v) is 4.82. The van der Waals surface area contributed by atoms with Gasteiger partial charge in [0.1, 0.15) is 5.69 Å². The van der Waals surface area contributed by atoms with Gasteiger partial charge in [-0.3, -0.25) is 9.25 Å². The smallest absolute Gasteiger partial charge is 0.165 e. The van der Waals surface area contributed by atoms with Crippen LogP contribution >= 0.6 is 11.8 Å². The van der Waals surface area contributed by atoms with Crippen LogP contribution in [0.15, 0.2) is 47.6 Å². The second kappa shape index (κ2) is 6.22. The van der Waals surface area contributed by atoms with E-state index in [1.54, 1.807) is 11.8 Å². The number of fused-ring (bicyclic) bond motifs is 1. The van der Waals surface area contributed by atoms with E-state index in [-0.39, 0.29) is 0 Å². The molecule has 0 radical (unpaired) electrons.